The van der Waals surface area contributed by atoms with Gasteiger partial charge in [0.05, 0.1) is 23.8 Å². The molecule has 0 aliphatic carbocycles. The molecule has 0 spiro atoms. The van der Waals surface area contributed by atoms with Crippen LogP contribution in [0.15, 0.2) is 94.8 Å². The van der Waals surface area contributed by atoms with Crippen LogP contribution >= 0.6 is 0 Å². The Balaban J connectivity index is 0.648. The third-order valence-electron chi connectivity index (χ3n) is 15.1. The molecule has 2 bridgehead atoms. The van der Waals surface area contributed by atoms with Gasteiger partial charge in [-0.3, -0.25) is 29.4 Å². The third-order valence-corrected chi connectivity index (χ3v) is 15.1. The zero-order valence-electron chi connectivity index (χ0n) is 39.0. The van der Waals surface area contributed by atoms with Crippen LogP contribution in [0.2, 0.25) is 0 Å². The quantitative estimate of drug-likeness (QED) is 0.143. The monoisotopic (exact) mass is 933 g/mol. The Bertz CT molecular complexity index is 3050. The highest BCUT2D eigenvalue weighted by molar-refractivity contribution is 5.99. The van der Waals surface area contributed by atoms with E-state index >= 15 is 0 Å². The first-order chi connectivity index (χ1) is 33.5. The number of aliphatic hydroxyl groups is 1. The third kappa shape index (κ3) is 9.03. The molecule has 3 N–H and O–H groups in total. The number of rotatable bonds is 8. The summed E-state index contributed by atoms with van der Waals surface area (Å²) in [6.07, 6.45) is 13.5. The van der Waals surface area contributed by atoms with Crippen molar-refractivity contribution in [2.45, 2.75) is 82.5 Å². The Labute approximate surface area is 399 Å². The van der Waals surface area contributed by atoms with Gasteiger partial charge >= 0.3 is 0 Å². The molecule has 18 nitrogen and oxygen atoms in total. The highest BCUT2D eigenvalue weighted by atomic mass is 16.3. The van der Waals surface area contributed by atoms with Gasteiger partial charge in [0.15, 0.2) is 11.5 Å². The normalized spacial score (nSPS) is 22.9. The largest absolute Gasteiger partial charge is 0.384 e. The van der Waals surface area contributed by atoms with E-state index in [1.807, 2.05) is 60.7 Å². The van der Waals surface area contributed by atoms with Gasteiger partial charge in [0.25, 0.3) is 17.0 Å². The Hall–Kier alpha value is -6.76. The Morgan fingerprint density at radius 1 is 0.783 bits per heavy atom. The van der Waals surface area contributed by atoms with E-state index in [0.29, 0.717) is 65.2 Å². The number of piperazine rings is 1. The number of pyridine rings is 1. The van der Waals surface area contributed by atoms with Crippen LogP contribution in [0.4, 0.5) is 23.0 Å². The Morgan fingerprint density at radius 3 is 2.33 bits per heavy atom. The first-order valence-electron chi connectivity index (χ1n) is 24.6. The van der Waals surface area contributed by atoms with E-state index in [-0.39, 0.29) is 29.9 Å². The van der Waals surface area contributed by atoms with E-state index in [1.54, 1.807) is 28.7 Å². The maximum absolute atomic E-state index is 13.6. The number of imide groups is 1. The topological polar surface area (TPSA) is 192 Å². The molecule has 18 heteroatoms. The highest BCUT2D eigenvalue weighted by Crippen LogP contribution is 2.31. The van der Waals surface area contributed by atoms with Crippen LogP contribution in [0.1, 0.15) is 70.0 Å². The molecular formula is C51H59N13O5. The van der Waals surface area contributed by atoms with Crippen LogP contribution < -0.4 is 31.6 Å². The molecule has 11 rings (SSSR count). The lowest BCUT2D eigenvalue weighted by Crippen LogP contribution is -2.53. The van der Waals surface area contributed by atoms with Crippen molar-refractivity contribution in [1.29, 1.82) is 0 Å². The number of carbonyl (C=O) groups excluding carboxylic acids is 2. The smallest absolute Gasteiger partial charge is 0.278 e. The van der Waals surface area contributed by atoms with Crippen LogP contribution in [0, 0.1) is 5.92 Å². The molecule has 9 heterocycles. The molecule has 69 heavy (non-hydrogen) atoms. The van der Waals surface area contributed by atoms with Crippen molar-refractivity contribution < 1.29 is 14.7 Å². The lowest BCUT2D eigenvalue weighted by molar-refractivity contribution is -0.136. The lowest BCUT2D eigenvalue weighted by atomic mass is 9.94. The number of piperidine rings is 3. The maximum Gasteiger partial charge on any atom is 0.278 e. The van der Waals surface area contributed by atoms with Crippen LogP contribution in [0.3, 0.4) is 0 Å². The average molecular weight is 934 g/mol. The molecule has 1 unspecified atom stereocenters. The fourth-order valence-corrected chi connectivity index (χ4v) is 11.0. The second kappa shape index (κ2) is 18.6. The van der Waals surface area contributed by atoms with Gasteiger partial charge in [-0.2, -0.15) is 10.1 Å². The zero-order chi connectivity index (χ0) is 47.2. The number of nitrogens with zero attached hydrogens (tertiary/aromatic N) is 11. The lowest BCUT2D eigenvalue weighted by Gasteiger charge is -2.44. The number of fused-ring (bicyclic) bond motifs is 7. The van der Waals surface area contributed by atoms with Crippen molar-refractivity contribution in [3.63, 3.8) is 0 Å². The Kier molecular flexibility index (Phi) is 12.1. The molecule has 4 fully saturated rings. The van der Waals surface area contributed by atoms with Crippen molar-refractivity contribution in [3.05, 3.63) is 112 Å². The number of amides is 2. The first kappa shape index (κ1) is 44.7. The molecule has 5 aliphatic rings. The van der Waals surface area contributed by atoms with Gasteiger partial charge in [-0.05, 0) is 125 Å². The van der Waals surface area contributed by atoms with E-state index in [2.05, 4.69) is 52.4 Å². The molecule has 4 saturated heterocycles. The van der Waals surface area contributed by atoms with Crippen molar-refractivity contribution in [2.24, 2.45) is 5.92 Å². The van der Waals surface area contributed by atoms with Crippen LogP contribution in [0.25, 0.3) is 27.6 Å². The molecule has 358 valence electrons. The van der Waals surface area contributed by atoms with Gasteiger partial charge in [0.1, 0.15) is 17.0 Å². The fourth-order valence-electron chi connectivity index (χ4n) is 11.0. The predicted molar refractivity (Wildman–Crippen MR) is 264 cm³/mol. The van der Waals surface area contributed by atoms with Gasteiger partial charge in [-0.25, -0.2) is 24.0 Å². The number of carbonyl (C=O) groups is 2. The summed E-state index contributed by atoms with van der Waals surface area (Å²) >= 11 is 0. The minimum Gasteiger partial charge on any atom is -0.384 e. The molecule has 4 aromatic heterocycles. The molecule has 0 saturated carbocycles. The molecule has 0 radical (unpaired) electrons. The molecule has 2 atom stereocenters. The number of anilines is 4. The molecule has 2 aromatic carbocycles. The van der Waals surface area contributed by atoms with E-state index in [1.165, 1.54) is 23.2 Å². The summed E-state index contributed by atoms with van der Waals surface area (Å²) in [4.78, 5) is 75.3. The second-order valence-electron chi connectivity index (χ2n) is 19.6. The van der Waals surface area contributed by atoms with Gasteiger partial charge < -0.3 is 25.1 Å². The second-order valence-corrected chi connectivity index (χ2v) is 19.6. The minimum absolute atomic E-state index is 0.192. The number of hydrogen-bond acceptors (Lipinski definition) is 14. The molecular weight excluding hydrogens is 875 g/mol. The van der Waals surface area contributed by atoms with Crippen LogP contribution in [-0.4, -0.2) is 126 Å². The molecule has 2 amide bonds. The van der Waals surface area contributed by atoms with Crippen LogP contribution in [-0.2, 0) is 21.7 Å². The van der Waals surface area contributed by atoms with Crippen molar-refractivity contribution >= 4 is 56.6 Å². The molecule has 5 aliphatic heterocycles. The first-order valence-corrected chi connectivity index (χ1v) is 24.6. The summed E-state index contributed by atoms with van der Waals surface area (Å²) in [5.74, 6) is 0.745. The summed E-state index contributed by atoms with van der Waals surface area (Å²) in [6.45, 7) is 11.5. The van der Waals surface area contributed by atoms with Gasteiger partial charge in [-0.1, -0.05) is 18.2 Å². The van der Waals surface area contributed by atoms with Crippen molar-refractivity contribution in [1.82, 2.24) is 49.2 Å². The zero-order valence-corrected chi connectivity index (χ0v) is 39.0. The summed E-state index contributed by atoms with van der Waals surface area (Å²) in [7, 11) is 0. The highest BCUT2D eigenvalue weighted by Gasteiger charge is 2.32. The van der Waals surface area contributed by atoms with Gasteiger partial charge in [0.2, 0.25) is 11.9 Å². The van der Waals surface area contributed by atoms with E-state index in [4.69, 9.17) is 9.97 Å². The van der Waals surface area contributed by atoms with Gasteiger partial charge in [-0.15, -0.1) is 0 Å². The number of allylic oxidation sites excluding steroid dienone is 2. The number of benzene rings is 2. The Morgan fingerprint density at radius 2 is 1.55 bits per heavy atom. The molecule has 6 aromatic rings. The average Bonchev–Trinajstić information content (AvgIpc) is 3.63. The SMILES string of the molecule is C[C@@]1(O)CC/C=C\Cn2c(=O)c3cnc(Nc4ccc(N5CCN(C6CCN(CC7CCN(c8ccc9c(=O)n(C%10CCC(=O)NC%10=O)ncc9c8)CC7)CC6)CC5)cc4)nc3n2-c2cccc1n2. The summed E-state index contributed by atoms with van der Waals surface area (Å²) in [5, 5.41) is 22.9. The number of likely N-dealkylation sites (tertiary alicyclic amines) is 1. The van der Waals surface area contributed by atoms with E-state index in [9.17, 15) is 24.3 Å². The predicted octanol–water partition coefficient (Wildman–Crippen LogP) is 4.47. The summed E-state index contributed by atoms with van der Waals surface area (Å²) < 4.78 is 4.56. The standard InChI is InChI=1S/C51H59N13O5/c1-51(69)20-3-2-4-21-62-48(67)41-32-52-50(57-46(41)64(62)44-7-5-6-43(51)55-44)54-36-8-10-37(11-9-36)60-26-28-61(29-27-60)38-18-22-58(23-19-38)33-34-16-24-59(25-17-34)39-12-13-40-35(30-39)31-53-63(49(40)68)42-14-15-45(65)56-47(42)66/h2,4-13,30-32,34,38,42,69H,3,14-29,33H2,1H3,(H,52,54,57)(H,56,65,66)/b4-2-/t42?,51-/m1/s1. The van der Waals surface area contributed by atoms with Gasteiger partial charge in [0, 0.05) is 86.9 Å². The van der Waals surface area contributed by atoms with Crippen LogP contribution in [0.5, 0.6) is 0 Å². The van der Waals surface area contributed by atoms with E-state index in [0.717, 1.165) is 88.5 Å². The van der Waals surface area contributed by atoms with E-state index < -0.39 is 17.6 Å². The number of aromatic nitrogens is 7. The number of hydrogen-bond donors (Lipinski definition) is 3. The number of nitrogens with one attached hydrogen (secondary N) is 2. The van der Waals surface area contributed by atoms with Crippen molar-refractivity contribution in [2.75, 3.05) is 74.0 Å². The summed E-state index contributed by atoms with van der Waals surface area (Å²) in [6, 6.07) is 19.6. The fraction of sp³-hybridized carbons (Fsp3) is 0.451. The maximum atomic E-state index is 13.6. The summed E-state index contributed by atoms with van der Waals surface area (Å²) in [5.41, 5.74) is 2.47. The van der Waals surface area contributed by atoms with Crippen molar-refractivity contribution in [3.8, 4) is 5.82 Å². The minimum atomic E-state index is -1.12.